The number of aryl methyl sites for hydroxylation is 2. The van der Waals surface area contributed by atoms with Crippen molar-refractivity contribution in [3.05, 3.63) is 47.3 Å². The van der Waals surface area contributed by atoms with Crippen molar-refractivity contribution in [2.75, 3.05) is 5.32 Å². The van der Waals surface area contributed by atoms with Crippen molar-refractivity contribution < 1.29 is 14.7 Å². The molecule has 0 spiro atoms. The number of nitrogens with one attached hydrogen (secondary N) is 1. The third-order valence-corrected chi connectivity index (χ3v) is 3.36. The molecule has 0 saturated carbocycles. The first kappa shape index (κ1) is 14.8. The standard InChI is InChI=1S/C15H17N3O3/c1-9-4-5-12(8-10(9)2)16-14(19)13-6-7-18(17-13)11(3)15(20)21/h4-8,11H,1-3H3,(H,16,19)(H,20,21). The summed E-state index contributed by atoms with van der Waals surface area (Å²) in [5, 5.41) is 15.7. The molecule has 6 nitrogen and oxygen atoms in total. The van der Waals surface area contributed by atoms with E-state index in [9.17, 15) is 9.59 Å². The van der Waals surface area contributed by atoms with Crippen molar-refractivity contribution in [2.24, 2.45) is 0 Å². The van der Waals surface area contributed by atoms with Gasteiger partial charge in [-0.1, -0.05) is 6.07 Å². The molecule has 0 saturated heterocycles. The van der Waals surface area contributed by atoms with Crippen molar-refractivity contribution in [2.45, 2.75) is 26.8 Å². The number of aromatic nitrogens is 2. The lowest BCUT2D eigenvalue weighted by molar-refractivity contribution is -0.140. The van der Waals surface area contributed by atoms with Gasteiger partial charge in [0.15, 0.2) is 5.69 Å². The predicted molar refractivity (Wildman–Crippen MR) is 78.4 cm³/mol. The van der Waals surface area contributed by atoms with E-state index in [1.807, 2.05) is 32.0 Å². The molecule has 2 N–H and O–H groups in total. The average Bonchev–Trinajstić information content (AvgIpc) is 2.91. The van der Waals surface area contributed by atoms with Crippen LogP contribution in [0.4, 0.5) is 5.69 Å². The Morgan fingerprint density at radius 1 is 1.24 bits per heavy atom. The number of amides is 1. The number of hydrogen-bond donors (Lipinski definition) is 2. The van der Waals surface area contributed by atoms with Gasteiger partial charge in [-0.15, -0.1) is 0 Å². The number of carboxylic acid groups (broad SMARTS) is 1. The van der Waals surface area contributed by atoms with Gasteiger partial charge >= 0.3 is 5.97 Å². The van der Waals surface area contributed by atoms with Crippen LogP contribution in [0.15, 0.2) is 30.5 Å². The molecule has 1 aromatic carbocycles. The minimum Gasteiger partial charge on any atom is -0.480 e. The highest BCUT2D eigenvalue weighted by Crippen LogP contribution is 2.15. The molecule has 110 valence electrons. The Morgan fingerprint density at radius 2 is 1.95 bits per heavy atom. The van der Waals surface area contributed by atoms with Gasteiger partial charge in [0.1, 0.15) is 6.04 Å². The molecule has 1 heterocycles. The minimum atomic E-state index is -1.00. The zero-order valence-electron chi connectivity index (χ0n) is 12.1. The molecule has 0 radical (unpaired) electrons. The van der Waals surface area contributed by atoms with Gasteiger partial charge < -0.3 is 10.4 Å². The average molecular weight is 287 g/mol. The zero-order chi connectivity index (χ0) is 15.6. The Hall–Kier alpha value is -2.63. The van der Waals surface area contributed by atoms with Crippen LogP contribution in [-0.2, 0) is 4.79 Å². The van der Waals surface area contributed by atoms with E-state index in [4.69, 9.17) is 5.11 Å². The molecule has 6 heteroatoms. The van der Waals surface area contributed by atoms with E-state index in [1.54, 1.807) is 0 Å². The number of anilines is 1. The monoisotopic (exact) mass is 287 g/mol. The van der Waals surface area contributed by atoms with Gasteiger partial charge in [0.05, 0.1) is 0 Å². The fourth-order valence-electron chi connectivity index (χ4n) is 1.80. The fraction of sp³-hybridized carbons (Fsp3) is 0.267. The lowest BCUT2D eigenvalue weighted by Crippen LogP contribution is -2.18. The molecule has 21 heavy (non-hydrogen) atoms. The molecule has 1 aromatic heterocycles. The van der Waals surface area contributed by atoms with Gasteiger partial charge in [0, 0.05) is 11.9 Å². The van der Waals surface area contributed by atoms with Crippen LogP contribution in [0.2, 0.25) is 0 Å². The van der Waals surface area contributed by atoms with Crippen LogP contribution >= 0.6 is 0 Å². The van der Waals surface area contributed by atoms with Gasteiger partial charge in [0.2, 0.25) is 0 Å². The van der Waals surface area contributed by atoms with Crippen molar-refractivity contribution >= 4 is 17.6 Å². The highest BCUT2D eigenvalue weighted by molar-refractivity contribution is 6.02. The van der Waals surface area contributed by atoms with E-state index < -0.39 is 12.0 Å². The smallest absolute Gasteiger partial charge is 0.328 e. The van der Waals surface area contributed by atoms with Crippen molar-refractivity contribution in [3.63, 3.8) is 0 Å². The third-order valence-electron chi connectivity index (χ3n) is 3.36. The van der Waals surface area contributed by atoms with Crippen LogP contribution in [-0.4, -0.2) is 26.8 Å². The molecule has 0 aliphatic carbocycles. The SMILES string of the molecule is Cc1ccc(NC(=O)c2ccn(C(C)C(=O)O)n2)cc1C. The summed E-state index contributed by atoms with van der Waals surface area (Å²) in [4.78, 5) is 23.0. The van der Waals surface area contributed by atoms with E-state index >= 15 is 0 Å². The van der Waals surface area contributed by atoms with E-state index in [1.165, 1.54) is 23.9 Å². The molecule has 0 bridgehead atoms. The first-order chi connectivity index (χ1) is 9.88. The van der Waals surface area contributed by atoms with Crippen LogP contribution < -0.4 is 5.32 Å². The lowest BCUT2D eigenvalue weighted by atomic mass is 10.1. The largest absolute Gasteiger partial charge is 0.480 e. The second-order valence-corrected chi connectivity index (χ2v) is 4.95. The number of carboxylic acids is 1. The van der Waals surface area contributed by atoms with E-state index in [2.05, 4.69) is 10.4 Å². The second-order valence-electron chi connectivity index (χ2n) is 4.95. The van der Waals surface area contributed by atoms with Gasteiger partial charge in [-0.2, -0.15) is 5.10 Å². The van der Waals surface area contributed by atoms with Gasteiger partial charge in [-0.05, 0) is 50.1 Å². The third kappa shape index (κ3) is 3.28. The molecular formula is C15H17N3O3. The summed E-state index contributed by atoms with van der Waals surface area (Å²) in [6, 6.07) is 6.31. The summed E-state index contributed by atoms with van der Waals surface area (Å²) in [7, 11) is 0. The second kappa shape index (κ2) is 5.78. The number of aliphatic carboxylic acids is 1. The Kier molecular flexibility index (Phi) is 4.07. The molecular weight excluding hydrogens is 270 g/mol. The molecule has 1 unspecified atom stereocenters. The molecule has 0 aliphatic heterocycles. The summed E-state index contributed by atoms with van der Waals surface area (Å²) in [5.41, 5.74) is 3.09. The fourth-order valence-corrected chi connectivity index (χ4v) is 1.80. The maximum atomic E-state index is 12.1. The summed E-state index contributed by atoms with van der Waals surface area (Å²) in [5.74, 6) is -1.37. The van der Waals surface area contributed by atoms with Gasteiger partial charge in [-0.3, -0.25) is 9.48 Å². The van der Waals surface area contributed by atoms with Gasteiger partial charge in [-0.25, -0.2) is 4.79 Å². The number of benzene rings is 1. The van der Waals surface area contributed by atoms with Crippen molar-refractivity contribution in [1.82, 2.24) is 9.78 Å². The van der Waals surface area contributed by atoms with Crippen LogP contribution in [0.3, 0.4) is 0 Å². The van der Waals surface area contributed by atoms with Crippen molar-refractivity contribution in [3.8, 4) is 0 Å². The van der Waals surface area contributed by atoms with Crippen LogP contribution in [0.5, 0.6) is 0 Å². The Morgan fingerprint density at radius 3 is 2.57 bits per heavy atom. The normalized spacial score (nSPS) is 12.0. The highest BCUT2D eigenvalue weighted by atomic mass is 16.4. The number of carbonyl (C=O) groups is 2. The Balaban J connectivity index is 2.13. The molecule has 0 aliphatic rings. The summed E-state index contributed by atoms with van der Waals surface area (Å²) in [6.45, 7) is 5.46. The topological polar surface area (TPSA) is 84.2 Å². The van der Waals surface area contributed by atoms with Crippen LogP contribution in [0.25, 0.3) is 0 Å². The molecule has 2 aromatic rings. The number of rotatable bonds is 4. The predicted octanol–water partition coefficient (Wildman–Crippen LogP) is 2.40. The first-order valence-electron chi connectivity index (χ1n) is 6.55. The zero-order valence-corrected chi connectivity index (χ0v) is 12.1. The Labute approximate surface area is 122 Å². The quantitative estimate of drug-likeness (QED) is 0.904. The Bertz CT molecular complexity index is 691. The molecule has 1 atom stereocenters. The lowest BCUT2D eigenvalue weighted by Gasteiger charge is -2.07. The van der Waals surface area contributed by atoms with E-state index in [-0.39, 0.29) is 11.6 Å². The summed E-state index contributed by atoms with van der Waals surface area (Å²) in [6.07, 6.45) is 1.48. The van der Waals surface area contributed by atoms with Crippen LogP contribution in [0.1, 0.15) is 34.6 Å². The van der Waals surface area contributed by atoms with Crippen LogP contribution in [0, 0.1) is 13.8 Å². The number of hydrogen-bond acceptors (Lipinski definition) is 3. The number of nitrogens with zero attached hydrogens (tertiary/aromatic N) is 2. The summed E-state index contributed by atoms with van der Waals surface area (Å²) < 4.78 is 1.25. The maximum Gasteiger partial charge on any atom is 0.328 e. The first-order valence-corrected chi connectivity index (χ1v) is 6.55. The van der Waals surface area contributed by atoms with E-state index in [0.29, 0.717) is 5.69 Å². The molecule has 0 fully saturated rings. The molecule has 1 amide bonds. The highest BCUT2D eigenvalue weighted by Gasteiger charge is 2.17. The molecule has 2 rings (SSSR count). The van der Waals surface area contributed by atoms with E-state index in [0.717, 1.165) is 11.1 Å². The van der Waals surface area contributed by atoms with Gasteiger partial charge in [0.25, 0.3) is 5.91 Å². The summed E-state index contributed by atoms with van der Waals surface area (Å²) >= 11 is 0. The number of carbonyl (C=O) groups excluding carboxylic acids is 1. The minimum absolute atomic E-state index is 0.182. The van der Waals surface area contributed by atoms with Crippen molar-refractivity contribution in [1.29, 1.82) is 0 Å². The maximum absolute atomic E-state index is 12.1.